The number of aryl methyl sites for hydroxylation is 1. The van der Waals surface area contributed by atoms with Crippen LogP contribution in [0.1, 0.15) is 87.2 Å². The molecule has 1 N–H and O–H groups in total. The van der Waals surface area contributed by atoms with Crippen LogP contribution in [-0.4, -0.2) is 18.6 Å². The number of unbranched alkanes of at least 4 members (excludes halogenated alkanes) is 2. The lowest BCUT2D eigenvalue weighted by Gasteiger charge is -2.47. The fraction of sp³-hybridized carbons (Fsp3) is 0.609. The van der Waals surface area contributed by atoms with Crippen LogP contribution in [0.2, 0.25) is 0 Å². The highest BCUT2D eigenvalue weighted by Gasteiger charge is 2.45. The maximum Gasteiger partial charge on any atom is 0.251 e. The average molecular weight is 356 g/mol. The largest absolute Gasteiger partial charge is 0.487 e. The summed E-state index contributed by atoms with van der Waals surface area (Å²) in [5.74, 6) is 1.58. The molecule has 1 aromatic rings. The normalized spacial score (nSPS) is 23.3. The van der Waals surface area contributed by atoms with Gasteiger partial charge in [-0.05, 0) is 64.2 Å². The summed E-state index contributed by atoms with van der Waals surface area (Å²) in [5.41, 5.74) is 4.31. The van der Waals surface area contributed by atoms with E-state index >= 15 is 0 Å². The van der Waals surface area contributed by atoms with Crippen LogP contribution < -0.4 is 10.1 Å². The number of allylic oxidation sites excluding steroid dienone is 2. The van der Waals surface area contributed by atoms with Crippen LogP contribution in [0.4, 0.5) is 0 Å². The molecule has 0 saturated carbocycles. The number of amides is 1. The van der Waals surface area contributed by atoms with Crippen molar-refractivity contribution in [3.8, 4) is 5.75 Å². The first-order valence-electron chi connectivity index (χ1n) is 10.1. The molecular formula is C23H33NO2. The maximum atomic E-state index is 12.7. The van der Waals surface area contributed by atoms with E-state index in [1.165, 1.54) is 24.0 Å². The van der Waals surface area contributed by atoms with Gasteiger partial charge in [0.15, 0.2) is 0 Å². The number of hydrogen-bond donors (Lipinski definition) is 1. The van der Waals surface area contributed by atoms with E-state index in [1.807, 2.05) is 0 Å². The van der Waals surface area contributed by atoms with E-state index in [1.54, 1.807) is 7.05 Å². The molecule has 1 amide bonds. The maximum absolute atomic E-state index is 12.7. The molecule has 1 aromatic carbocycles. The van der Waals surface area contributed by atoms with Crippen LogP contribution >= 0.6 is 0 Å². The summed E-state index contributed by atoms with van der Waals surface area (Å²) in [6, 6.07) is 4.29. The van der Waals surface area contributed by atoms with Gasteiger partial charge >= 0.3 is 0 Å². The number of carbonyl (C=O) groups excluding carboxylic acids is 1. The summed E-state index contributed by atoms with van der Waals surface area (Å²) in [6.07, 6.45) is 9.17. The highest BCUT2D eigenvalue weighted by molar-refractivity contribution is 5.97. The highest BCUT2D eigenvalue weighted by Crippen LogP contribution is 2.51. The number of benzene rings is 1. The van der Waals surface area contributed by atoms with Crippen molar-refractivity contribution in [3.05, 3.63) is 40.5 Å². The number of nitrogens with one attached hydrogen (secondary N) is 1. The van der Waals surface area contributed by atoms with Gasteiger partial charge in [-0.1, -0.05) is 31.4 Å². The summed E-state index contributed by atoms with van der Waals surface area (Å²) in [6.45, 7) is 8.82. The minimum atomic E-state index is -0.211. The monoisotopic (exact) mass is 355 g/mol. The van der Waals surface area contributed by atoms with E-state index in [0.29, 0.717) is 5.92 Å². The van der Waals surface area contributed by atoms with E-state index in [4.69, 9.17) is 4.74 Å². The van der Waals surface area contributed by atoms with Gasteiger partial charge in [0.1, 0.15) is 11.4 Å². The molecule has 0 saturated heterocycles. The minimum absolute atomic E-state index is 0.00252. The van der Waals surface area contributed by atoms with Crippen LogP contribution in [0.15, 0.2) is 23.8 Å². The van der Waals surface area contributed by atoms with Gasteiger partial charge in [-0.3, -0.25) is 4.79 Å². The third-order valence-corrected chi connectivity index (χ3v) is 6.09. The Morgan fingerprint density at radius 2 is 2.08 bits per heavy atom. The van der Waals surface area contributed by atoms with Gasteiger partial charge in [0.2, 0.25) is 0 Å². The Hall–Kier alpha value is -1.77. The molecule has 2 aliphatic rings. The smallest absolute Gasteiger partial charge is 0.251 e. The molecular weight excluding hydrogens is 322 g/mol. The lowest BCUT2D eigenvalue weighted by atomic mass is 9.67. The van der Waals surface area contributed by atoms with Crippen LogP contribution in [0.25, 0.3) is 0 Å². The first-order valence-corrected chi connectivity index (χ1v) is 10.1. The van der Waals surface area contributed by atoms with E-state index in [0.717, 1.165) is 42.6 Å². The van der Waals surface area contributed by atoms with Crippen LogP contribution in [0.5, 0.6) is 5.75 Å². The van der Waals surface area contributed by atoms with E-state index < -0.39 is 0 Å². The van der Waals surface area contributed by atoms with Gasteiger partial charge in [0.25, 0.3) is 5.91 Å². The first-order chi connectivity index (χ1) is 12.4. The SMILES string of the molecule is CCCCCc1cc2c(c(C(=O)NC)c1)[C@@H]1C=C(C)CC[C@H]1C(C)(C)O2. The van der Waals surface area contributed by atoms with Crippen molar-refractivity contribution in [3.63, 3.8) is 0 Å². The minimum Gasteiger partial charge on any atom is -0.487 e. The van der Waals surface area contributed by atoms with Gasteiger partial charge in [0.05, 0.1) is 0 Å². The Morgan fingerprint density at radius 3 is 2.77 bits per heavy atom. The van der Waals surface area contributed by atoms with Crippen molar-refractivity contribution in [2.24, 2.45) is 5.92 Å². The molecule has 142 valence electrons. The second-order valence-corrected chi connectivity index (χ2v) is 8.48. The highest BCUT2D eigenvalue weighted by atomic mass is 16.5. The Kier molecular flexibility index (Phi) is 5.45. The van der Waals surface area contributed by atoms with Crippen molar-refractivity contribution >= 4 is 5.91 Å². The molecule has 2 atom stereocenters. The second-order valence-electron chi connectivity index (χ2n) is 8.48. The predicted molar refractivity (Wildman–Crippen MR) is 107 cm³/mol. The van der Waals surface area contributed by atoms with Crippen molar-refractivity contribution in [1.82, 2.24) is 5.32 Å². The molecule has 0 radical (unpaired) electrons. The predicted octanol–water partition coefficient (Wildman–Crippen LogP) is 5.39. The van der Waals surface area contributed by atoms with Crippen molar-refractivity contribution in [2.45, 2.75) is 77.7 Å². The standard InChI is InChI=1S/C23H33NO2/c1-6-7-8-9-16-13-18(22(25)24-5)21-17-12-15(2)10-11-19(17)23(3,4)26-20(21)14-16/h12-14,17,19H,6-11H2,1-5H3,(H,24,25)/t17-,19-/m1/s1. The Bertz CT molecular complexity index is 717. The Morgan fingerprint density at radius 1 is 1.31 bits per heavy atom. The fourth-order valence-corrected chi connectivity index (χ4v) is 4.65. The molecule has 1 heterocycles. The number of carbonyl (C=O) groups is 1. The molecule has 0 fully saturated rings. The van der Waals surface area contributed by atoms with Gasteiger partial charge < -0.3 is 10.1 Å². The topological polar surface area (TPSA) is 38.3 Å². The number of hydrogen-bond acceptors (Lipinski definition) is 2. The van der Waals surface area contributed by atoms with Crippen LogP contribution in [-0.2, 0) is 6.42 Å². The van der Waals surface area contributed by atoms with E-state index in [-0.39, 0.29) is 17.4 Å². The molecule has 1 aliphatic carbocycles. The zero-order chi connectivity index (χ0) is 18.9. The van der Waals surface area contributed by atoms with Gasteiger partial charge in [0, 0.05) is 30.0 Å². The van der Waals surface area contributed by atoms with E-state index in [9.17, 15) is 4.79 Å². The third kappa shape index (κ3) is 3.54. The summed E-state index contributed by atoms with van der Waals surface area (Å²) >= 11 is 0. The van der Waals surface area contributed by atoms with Crippen molar-refractivity contribution in [1.29, 1.82) is 0 Å². The number of fused-ring (bicyclic) bond motifs is 3. The van der Waals surface area contributed by atoms with Gasteiger partial charge in [-0.25, -0.2) is 0 Å². The fourth-order valence-electron chi connectivity index (χ4n) is 4.65. The lowest BCUT2D eigenvalue weighted by molar-refractivity contribution is 0.0112. The zero-order valence-corrected chi connectivity index (χ0v) is 16.9. The molecule has 0 spiro atoms. The molecule has 3 nitrogen and oxygen atoms in total. The molecule has 0 bridgehead atoms. The zero-order valence-electron chi connectivity index (χ0n) is 16.9. The third-order valence-electron chi connectivity index (χ3n) is 6.09. The molecule has 3 heteroatoms. The quantitative estimate of drug-likeness (QED) is 0.568. The van der Waals surface area contributed by atoms with Crippen LogP contribution in [0, 0.1) is 5.92 Å². The summed E-state index contributed by atoms with van der Waals surface area (Å²) in [4.78, 5) is 12.7. The summed E-state index contributed by atoms with van der Waals surface area (Å²) in [5, 5.41) is 2.84. The molecule has 0 unspecified atom stereocenters. The lowest BCUT2D eigenvalue weighted by Crippen LogP contribution is -2.46. The average Bonchev–Trinajstić information content (AvgIpc) is 2.59. The number of ether oxygens (including phenoxy) is 1. The summed E-state index contributed by atoms with van der Waals surface area (Å²) < 4.78 is 6.50. The first kappa shape index (κ1) is 19.0. The molecule has 1 aliphatic heterocycles. The van der Waals surface area contributed by atoms with E-state index in [2.05, 4.69) is 51.2 Å². The molecule has 3 rings (SSSR count). The van der Waals surface area contributed by atoms with Crippen molar-refractivity contribution in [2.75, 3.05) is 7.05 Å². The van der Waals surface area contributed by atoms with Crippen molar-refractivity contribution < 1.29 is 9.53 Å². The van der Waals surface area contributed by atoms with Crippen LogP contribution in [0.3, 0.4) is 0 Å². The van der Waals surface area contributed by atoms with Gasteiger partial charge in [-0.2, -0.15) is 0 Å². The number of rotatable bonds is 5. The van der Waals surface area contributed by atoms with Gasteiger partial charge in [-0.15, -0.1) is 0 Å². The molecule has 0 aromatic heterocycles. The summed E-state index contributed by atoms with van der Waals surface area (Å²) in [7, 11) is 1.71. The Labute approximate surface area is 158 Å². The Balaban J connectivity index is 2.11. The second kappa shape index (κ2) is 7.46. The molecule has 26 heavy (non-hydrogen) atoms.